The minimum absolute atomic E-state index is 0.0556. The van der Waals surface area contributed by atoms with E-state index in [1.54, 1.807) is 28.1 Å². The molecule has 0 aliphatic carbocycles. The zero-order valence-electron chi connectivity index (χ0n) is 24.0. The molecular formula is C30H37FN8O3. The third-order valence-electron chi connectivity index (χ3n) is 8.22. The lowest BCUT2D eigenvalue weighted by molar-refractivity contribution is 0.0844. The molecule has 0 saturated carbocycles. The summed E-state index contributed by atoms with van der Waals surface area (Å²) in [6.07, 6.45) is 6.65. The van der Waals surface area contributed by atoms with Gasteiger partial charge in [0.05, 0.1) is 55.7 Å². The molecule has 2 aliphatic heterocycles. The third kappa shape index (κ3) is 6.03. The van der Waals surface area contributed by atoms with Gasteiger partial charge in [0.25, 0.3) is 0 Å². The van der Waals surface area contributed by atoms with Gasteiger partial charge >= 0.3 is 5.69 Å². The summed E-state index contributed by atoms with van der Waals surface area (Å²) < 4.78 is 30.0. The van der Waals surface area contributed by atoms with E-state index in [1.807, 2.05) is 50.2 Å². The van der Waals surface area contributed by atoms with Crippen LogP contribution in [0.15, 0.2) is 66.0 Å². The van der Waals surface area contributed by atoms with E-state index >= 15 is 4.39 Å². The zero-order chi connectivity index (χ0) is 29.1. The van der Waals surface area contributed by atoms with E-state index in [9.17, 15) is 4.79 Å². The van der Waals surface area contributed by atoms with Crippen molar-refractivity contribution in [2.45, 2.75) is 45.4 Å². The first kappa shape index (κ1) is 28.0. The Labute approximate surface area is 244 Å². The molecule has 4 heterocycles. The number of rotatable bonds is 10. The van der Waals surface area contributed by atoms with Gasteiger partial charge in [-0.2, -0.15) is 20.1 Å². The van der Waals surface area contributed by atoms with Crippen LogP contribution in [-0.4, -0.2) is 74.8 Å². The highest BCUT2D eigenvalue weighted by Crippen LogP contribution is 2.28. The van der Waals surface area contributed by atoms with E-state index in [-0.39, 0.29) is 29.6 Å². The minimum atomic E-state index is -0.279. The normalized spacial score (nSPS) is 19.8. The number of anilines is 2. The van der Waals surface area contributed by atoms with Crippen molar-refractivity contribution in [3.63, 3.8) is 0 Å². The van der Waals surface area contributed by atoms with E-state index in [2.05, 4.69) is 25.1 Å². The fourth-order valence-electron chi connectivity index (χ4n) is 5.59. The zero-order valence-corrected chi connectivity index (χ0v) is 24.0. The van der Waals surface area contributed by atoms with Gasteiger partial charge in [-0.1, -0.05) is 6.92 Å². The molecule has 1 unspecified atom stereocenters. The Morgan fingerprint density at radius 1 is 1.00 bits per heavy atom. The summed E-state index contributed by atoms with van der Waals surface area (Å²) in [5.41, 5.74) is 2.31. The average Bonchev–Trinajstić information content (AvgIpc) is 3.78. The maximum Gasteiger partial charge on any atom is 0.350 e. The Kier molecular flexibility index (Phi) is 8.22. The number of halogens is 1. The Hall–Kier alpha value is -4.19. The number of hydrogen-bond acceptors (Lipinski definition) is 8. The Balaban J connectivity index is 0.996. The molecule has 2 aromatic heterocycles. The van der Waals surface area contributed by atoms with E-state index < -0.39 is 0 Å². The first-order valence-electron chi connectivity index (χ1n) is 14.6. The maximum absolute atomic E-state index is 15.1. The summed E-state index contributed by atoms with van der Waals surface area (Å²) in [4.78, 5) is 18.7. The molecular weight excluding hydrogens is 539 g/mol. The summed E-state index contributed by atoms with van der Waals surface area (Å²) >= 11 is 0. The molecule has 0 bridgehead atoms. The van der Waals surface area contributed by atoms with E-state index in [4.69, 9.17) is 9.47 Å². The van der Waals surface area contributed by atoms with Gasteiger partial charge < -0.3 is 19.3 Å². The van der Waals surface area contributed by atoms with Crippen LogP contribution >= 0.6 is 0 Å². The van der Waals surface area contributed by atoms with Crippen LogP contribution in [0.1, 0.15) is 32.7 Å². The van der Waals surface area contributed by atoms with Crippen molar-refractivity contribution >= 4 is 11.4 Å². The van der Waals surface area contributed by atoms with Crippen LogP contribution in [0.25, 0.3) is 5.69 Å². The van der Waals surface area contributed by atoms with Crippen molar-refractivity contribution in [2.24, 2.45) is 5.92 Å². The summed E-state index contributed by atoms with van der Waals surface area (Å²) in [6.45, 7) is 8.67. The highest BCUT2D eigenvalue weighted by molar-refractivity contribution is 5.55. The quantitative estimate of drug-likeness (QED) is 0.283. The van der Waals surface area contributed by atoms with Gasteiger partial charge in [0.15, 0.2) is 0 Å². The van der Waals surface area contributed by atoms with Crippen molar-refractivity contribution in [3.05, 3.63) is 77.5 Å². The molecule has 0 radical (unpaired) electrons. The lowest BCUT2D eigenvalue weighted by Gasteiger charge is -2.37. The molecule has 12 heteroatoms. The molecule has 222 valence electrons. The van der Waals surface area contributed by atoms with Crippen LogP contribution in [0.5, 0.6) is 5.75 Å². The largest absolute Gasteiger partial charge is 0.493 e. The van der Waals surface area contributed by atoms with Crippen molar-refractivity contribution < 1.29 is 13.9 Å². The predicted molar refractivity (Wildman–Crippen MR) is 157 cm³/mol. The second-order valence-electron chi connectivity index (χ2n) is 11.0. The monoisotopic (exact) mass is 576 g/mol. The van der Waals surface area contributed by atoms with Crippen LogP contribution in [0.2, 0.25) is 0 Å². The molecule has 0 spiro atoms. The van der Waals surface area contributed by atoms with Crippen LogP contribution in [0.3, 0.4) is 0 Å². The van der Waals surface area contributed by atoms with E-state index in [1.165, 1.54) is 10.7 Å². The lowest BCUT2D eigenvalue weighted by atomic mass is 10.1. The van der Waals surface area contributed by atoms with Crippen LogP contribution in [0, 0.1) is 11.7 Å². The van der Waals surface area contributed by atoms with Gasteiger partial charge in [0.1, 0.15) is 17.9 Å². The first-order valence-corrected chi connectivity index (χ1v) is 14.6. The molecule has 11 nitrogen and oxygen atoms in total. The molecule has 2 fully saturated rings. The van der Waals surface area contributed by atoms with Crippen molar-refractivity contribution in [2.75, 3.05) is 49.2 Å². The number of ether oxygens (including phenoxy) is 2. The SMILES string of the molecule is CCC(C)n1ncn(-c2ccc(N3CCN(c4ccc(OC[C@H]5CO[C@@H](Cn6nccn6)C5)cc4F)CC3)cc2)c1=O. The van der Waals surface area contributed by atoms with Gasteiger partial charge in [0, 0.05) is 43.9 Å². The summed E-state index contributed by atoms with van der Waals surface area (Å²) in [6, 6.07) is 13.1. The molecule has 2 aliphatic rings. The molecule has 0 amide bonds. The van der Waals surface area contributed by atoms with Gasteiger partial charge in [-0.3, -0.25) is 0 Å². The lowest BCUT2D eigenvalue weighted by Crippen LogP contribution is -2.46. The Morgan fingerprint density at radius 2 is 1.71 bits per heavy atom. The highest BCUT2D eigenvalue weighted by Gasteiger charge is 2.27. The average molecular weight is 577 g/mol. The smallest absolute Gasteiger partial charge is 0.350 e. The summed E-state index contributed by atoms with van der Waals surface area (Å²) in [7, 11) is 0. The van der Waals surface area contributed by atoms with Gasteiger partial charge in [-0.05, 0) is 56.2 Å². The number of benzene rings is 2. The number of hydrogen-bond donors (Lipinski definition) is 0. The van der Waals surface area contributed by atoms with Crippen LogP contribution < -0.4 is 20.2 Å². The van der Waals surface area contributed by atoms with Crippen molar-refractivity contribution in [3.8, 4) is 11.4 Å². The number of aromatic nitrogens is 6. The van der Waals surface area contributed by atoms with Crippen LogP contribution in [-0.2, 0) is 11.3 Å². The molecule has 42 heavy (non-hydrogen) atoms. The molecule has 6 rings (SSSR count). The topological polar surface area (TPSA) is 95.5 Å². The second kappa shape index (κ2) is 12.4. The number of piperazine rings is 1. The van der Waals surface area contributed by atoms with Crippen molar-refractivity contribution in [1.82, 2.24) is 29.3 Å². The molecule has 2 saturated heterocycles. The second-order valence-corrected chi connectivity index (χ2v) is 11.0. The molecule has 0 N–H and O–H groups in total. The Bertz CT molecular complexity index is 1510. The first-order chi connectivity index (χ1) is 20.5. The fourth-order valence-corrected chi connectivity index (χ4v) is 5.59. The number of nitrogens with zero attached hydrogens (tertiary/aromatic N) is 8. The molecule has 3 atom stereocenters. The summed E-state index contributed by atoms with van der Waals surface area (Å²) in [5.74, 6) is 0.499. The van der Waals surface area contributed by atoms with Crippen LogP contribution in [0.4, 0.5) is 15.8 Å². The van der Waals surface area contributed by atoms with Gasteiger partial charge in [-0.25, -0.2) is 18.4 Å². The van der Waals surface area contributed by atoms with E-state index in [0.29, 0.717) is 44.3 Å². The maximum atomic E-state index is 15.1. The predicted octanol–water partition coefficient (Wildman–Crippen LogP) is 3.55. The van der Waals surface area contributed by atoms with Gasteiger partial charge in [0.2, 0.25) is 0 Å². The minimum Gasteiger partial charge on any atom is -0.493 e. The van der Waals surface area contributed by atoms with E-state index in [0.717, 1.165) is 37.3 Å². The fraction of sp³-hybridized carbons (Fsp3) is 0.467. The summed E-state index contributed by atoms with van der Waals surface area (Å²) in [5, 5.41) is 12.5. The highest BCUT2D eigenvalue weighted by atomic mass is 19.1. The Morgan fingerprint density at radius 3 is 2.43 bits per heavy atom. The molecule has 2 aromatic carbocycles. The van der Waals surface area contributed by atoms with Crippen molar-refractivity contribution in [1.29, 1.82) is 0 Å². The third-order valence-corrected chi connectivity index (χ3v) is 8.22. The molecule has 4 aromatic rings. The standard InChI is InChI=1S/C30H37FN8O3/c1-3-22(2)39-30(40)37(21-34-39)25-6-4-24(5-7-25)35-12-14-36(15-13-35)29-9-8-26(17-28(29)31)41-19-23-16-27(42-20-23)18-38-32-10-11-33-38/h4-11,17,21-23,27H,3,12-16,18-20H2,1-2H3/t22?,23-,27+/m0/s1. The van der Waals surface area contributed by atoms with Gasteiger partial charge in [-0.15, -0.1) is 0 Å².